The lowest BCUT2D eigenvalue weighted by Gasteiger charge is -2.14. The number of rotatable bonds is 21. The Balaban J connectivity index is 0. The highest BCUT2D eigenvalue weighted by Crippen LogP contribution is 2.37. The second-order valence-corrected chi connectivity index (χ2v) is 14.6. The first-order valence-electron chi connectivity index (χ1n) is 13.5. The normalized spacial score (nSPS) is 11.9. The molecule has 4 nitrogen and oxygen atoms in total. The van der Waals surface area contributed by atoms with Crippen molar-refractivity contribution in [3.05, 3.63) is 12.2 Å². The first kappa shape index (κ1) is 34.5. The molecule has 0 aromatic carbocycles. The maximum atomic E-state index is 9.17. The van der Waals surface area contributed by atoms with Crippen LogP contribution in [0.25, 0.3) is 0 Å². The van der Waals surface area contributed by atoms with Gasteiger partial charge in [0.1, 0.15) is 0 Å². The lowest BCUT2D eigenvalue weighted by Crippen LogP contribution is -2.05. The fraction of sp³-hybridized carbons (Fsp3) is 0.923. The van der Waals surface area contributed by atoms with E-state index in [-0.39, 0.29) is 0 Å². The number of hydrogen-bond acceptors (Lipinski definition) is 1. The molecule has 32 heavy (non-hydrogen) atoms. The molecule has 0 aliphatic heterocycles. The minimum absolute atomic E-state index is 0.564. The molecular formula is C26H58NO3PS. The number of nitrogens with two attached hydrogens (primary N) is 1. The van der Waals surface area contributed by atoms with Crippen LogP contribution in [0, 0.1) is 0 Å². The average molecular weight is 496 g/mol. The minimum atomic E-state index is -3.56. The van der Waals surface area contributed by atoms with E-state index in [1.54, 1.807) is 0 Å². The molecule has 0 rings (SSSR count). The SMILES string of the molecule is CCCCCCCC/C=C\CCCCCCCCN.CCCCS(CCCC)=P(O)(O)O. The number of allylic oxidation sites excluding steroid dienone is 2. The van der Waals surface area contributed by atoms with Gasteiger partial charge in [0, 0.05) is 0 Å². The summed E-state index contributed by atoms with van der Waals surface area (Å²) in [6, 6.07) is 0. The van der Waals surface area contributed by atoms with E-state index in [2.05, 4.69) is 32.9 Å². The van der Waals surface area contributed by atoms with E-state index in [1.807, 2.05) is 0 Å². The quantitative estimate of drug-likeness (QED) is 0.0742. The van der Waals surface area contributed by atoms with Crippen LogP contribution in [-0.4, -0.2) is 32.7 Å². The summed E-state index contributed by atoms with van der Waals surface area (Å²) in [7, 11) is -0.564. The zero-order valence-electron chi connectivity index (χ0n) is 21.8. The van der Waals surface area contributed by atoms with Crippen LogP contribution in [0.1, 0.15) is 136 Å². The van der Waals surface area contributed by atoms with Crippen molar-refractivity contribution in [3.63, 3.8) is 0 Å². The first-order chi connectivity index (χ1) is 15.4. The Morgan fingerprint density at radius 1 is 0.562 bits per heavy atom. The molecule has 5 N–H and O–H groups in total. The molecule has 6 heteroatoms. The van der Waals surface area contributed by atoms with Crippen LogP contribution in [0.2, 0.25) is 0 Å². The molecule has 0 heterocycles. The van der Waals surface area contributed by atoms with E-state index >= 15 is 0 Å². The summed E-state index contributed by atoms with van der Waals surface area (Å²) < 4.78 is 0. The second kappa shape index (κ2) is 27.6. The molecule has 0 aliphatic carbocycles. The summed E-state index contributed by atoms with van der Waals surface area (Å²) in [6.45, 7) is 3.71. The molecule has 0 amide bonds. The molecule has 0 saturated heterocycles. The first-order valence-corrected chi connectivity index (χ1v) is 17.4. The van der Waals surface area contributed by atoms with Gasteiger partial charge in [-0.05, 0) is 63.0 Å². The van der Waals surface area contributed by atoms with E-state index in [0.717, 1.165) is 43.7 Å². The molecule has 0 radical (unpaired) electrons. The van der Waals surface area contributed by atoms with Gasteiger partial charge in [-0.3, -0.25) is 0 Å². The van der Waals surface area contributed by atoms with Crippen LogP contribution in [0.5, 0.6) is 0 Å². The average Bonchev–Trinajstić information content (AvgIpc) is 2.76. The Morgan fingerprint density at radius 3 is 1.31 bits per heavy atom. The van der Waals surface area contributed by atoms with E-state index in [4.69, 9.17) is 20.4 Å². The summed E-state index contributed by atoms with van der Waals surface area (Å²) in [5.41, 5.74) is 5.47. The van der Waals surface area contributed by atoms with Crippen molar-refractivity contribution < 1.29 is 14.7 Å². The highest BCUT2D eigenvalue weighted by Gasteiger charge is 2.11. The number of unbranched alkanes of at least 4 members (excludes halogenated alkanes) is 14. The highest BCUT2D eigenvalue weighted by molar-refractivity contribution is 8.27. The van der Waals surface area contributed by atoms with E-state index in [9.17, 15) is 0 Å². The van der Waals surface area contributed by atoms with Gasteiger partial charge in [-0.15, -0.1) is 10.1 Å². The molecule has 0 fully saturated rings. The fourth-order valence-corrected chi connectivity index (χ4v) is 7.54. The van der Waals surface area contributed by atoms with Crippen LogP contribution in [0.4, 0.5) is 0 Å². The highest BCUT2D eigenvalue weighted by atomic mass is 32.5. The van der Waals surface area contributed by atoms with Crippen molar-refractivity contribution in [2.45, 2.75) is 136 Å². The van der Waals surface area contributed by atoms with Gasteiger partial charge in [-0.2, -0.15) is 0 Å². The predicted molar refractivity (Wildman–Crippen MR) is 149 cm³/mol. The van der Waals surface area contributed by atoms with Crippen LogP contribution < -0.4 is 5.73 Å². The van der Waals surface area contributed by atoms with E-state index in [0.29, 0.717) is 0 Å². The maximum Gasteiger partial charge on any atom is 0.277 e. The largest absolute Gasteiger partial charge is 0.330 e. The van der Waals surface area contributed by atoms with Gasteiger partial charge in [-0.1, -0.05) is 104 Å². The third-order valence-corrected chi connectivity index (χ3v) is 10.9. The molecule has 0 aromatic heterocycles. The zero-order chi connectivity index (χ0) is 24.3. The van der Waals surface area contributed by atoms with Gasteiger partial charge in [0.25, 0.3) is 6.72 Å². The van der Waals surface area contributed by atoms with Gasteiger partial charge in [-0.25, -0.2) is 0 Å². The lowest BCUT2D eigenvalue weighted by molar-refractivity contribution is 0.362. The minimum Gasteiger partial charge on any atom is -0.330 e. The molecular weight excluding hydrogens is 437 g/mol. The van der Waals surface area contributed by atoms with Crippen LogP contribution in [0.15, 0.2) is 12.2 Å². The molecule has 196 valence electrons. The van der Waals surface area contributed by atoms with Gasteiger partial charge >= 0.3 is 0 Å². The maximum absolute atomic E-state index is 9.17. The Hall–Kier alpha value is 0.360. The molecule has 0 atom stereocenters. The second-order valence-electron chi connectivity index (χ2n) is 8.82. The summed E-state index contributed by atoms with van der Waals surface area (Å²) in [4.78, 5) is 27.5. The van der Waals surface area contributed by atoms with Gasteiger partial charge in [0.2, 0.25) is 0 Å². The topological polar surface area (TPSA) is 86.7 Å². The summed E-state index contributed by atoms with van der Waals surface area (Å²) in [5, 5.41) is 0. The Kier molecular flexibility index (Phi) is 29.8. The molecule has 0 bridgehead atoms. The van der Waals surface area contributed by atoms with Crippen molar-refractivity contribution in [2.24, 2.45) is 5.73 Å². The fourth-order valence-electron chi connectivity index (χ4n) is 3.36. The van der Waals surface area contributed by atoms with E-state index < -0.39 is 16.8 Å². The summed E-state index contributed by atoms with van der Waals surface area (Å²) in [5.74, 6) is 1.52. The molecule has 0 aliphatic rings. The van der Waals surface area contributed by atoms with Crippen molar-refractivity contribution in [3.8, 4) is 0 Å². The Labute approximate surface area is 203 Å². The van der Waals surface area contributed by atoms with Crippen LogP contribution >= 0.6 is 6.72 Å². The molecule has 0 aromatic rings. The zero-order valence-corrected chi connectivity index (χ0v) is 23.5. The third kappa shape index (κ3) is 28.4. The van der Waals surface area contributed by atoms with Crippen LogP contribution in [0.3, 0.4) is 0 Å². The van der Waals surface area contributed by atoms with Gasteiger partial charge in [0.05, 0.1) is 0 Å². The molecule has 0 unspecified atom stereocenters. The molecule has 0 spiro atoms. The van der Waals surface area contributed by atoms with Gasteiger partial charge < -0.3 is 20.4 Å². The lowest BCUT2D eigenvalue weighted by atomic mass is 10.1. The van der Waals surface area contributed by atoms with Crippen molar-refractivity contribution in [1.82, 2.24) is 0 Å². The van der Waals surface area contributed by atoms with Crippen LogP contribution in [-0.2, 0) is 10.1 Å². The monoisotopic (exact) mass is 495 g/mol. The summed E-state index contributed by atoms with van der Waals surface area (Å²) in [6.07, 6.45) is 27.9. The van der Waals surface area contributed by atoms with Crippen molar-refractivity contribution in [2.75, 3.05) is 18.1 Å². The predicted octanol–water partition coefficient (Wildman–Crippen LogP) is 7.84. The van der Waals surface area contributed by atoms with Crippen molar-refractivity contribution >= 4 is 16.8 Å². The molecule has 0 saturated carbocycles. The summed E-state index contributed by atoms with van der Waals surface area (Å²) >= 11 is 0. The third-order valence-electron chi connectivity index (χ3n) is 5.53. The standard InChI is InChI=1S/C18H37N.C8H21O3PS/c1-2-3-4-5-6-7-8-9-10-11-12-13-14-15-16-17-18-19;1-3-5-7-13(8-6-4-2)12(9,10)11/h9-10H,2-8,11-19H2,1H3;9-11H,3-8H2,1-2H3/b10-9-;. The van der Waals surface area contributed by atoms with Gasteiger partial charge in [0.15, 0.2) is 0 Å². The Bertz CT molecular complexity index is 434. The van der Waals surface area contributed by atoms with E-state index in [1.165, 1.54) is 89.9 Å². The Morgan fingerprint density at radius 2 is 0.938 bits per heavy atom. The smallest absolute Gasteiger partial charge is 0.277 e. The number of hydrogen-bond donors (Lipinski definition) is 4. The van der Waals surface area contributed by atoms with Crippen molar-refractivity contribution in [1.29, 1.82) is 0 Å².